The number of amides is 3. The summed E-state index contributed by atoms with van der Waals surface area (Å²) in [6, 6.07) is 5.17. The molecule has 1 aromatic heterocycles. The minimum Gasteiger partial charge on any atom is -0.348 e. The number of hydrogen-bond donors (Lipinski definition) is 2. The molecule has 26 heavy (non-hydrogen) atoms. The third-order valence-corrected chi connectivity index (χ3v) is 4.32. The van der Waals surface area contributed by atoms with Crippen molar-refractivity contribution >= 4 is 17.6 Å². The number of hydrogen-bond acceptors (Lipinski definition) is 3. The first-order valence-electron chi connectivity index (χ1n) is 8.13. The lowest BCUT2D eigenvalue weighted by atomic mass is 10.1. The van der Waals surface area contributed by atoms with Gasteiger partial charge >= 0.3 is 6.03 Å². The minimum atomic E-state index is -0.736. The molecule has 3 rings (SSSR count). The number of fused-ring (bicyclic) bond motifs is 1. The van der Waals surface area contributed by atoms with E-state index in [4.69, 9.17) is 0 Å². The molecule has 3 amide bonds. The zero-order valence-corrected chi connectivity index (χ0v) is 14.3. The van der Waals surface area contributed by atoms with Crippen LogP contribution in [0.1, 0.15) is 37.2 Å². The molecule has 2 heterocycles. The molecule has 1 aliphatic heterocycles. The Morgan fingerprint density at radius 2 is 2.15 bits per heavy atom. The van der Waals surface area contributed by atoms with E-state index in [1.807, 2.05) is 0 Å². The first-order valence-corrected chi connectivity index (χ1v) is 8.13. The molecule has 0 bridgehead atoms. The maximum absolute atomic E-state index is 13.8. The third kappa shape index (κ3) is 3.49. The highest BCUT2D eigenvalue weighted by molar-refractivity contribution is 5.95. The van der Waals surface area contributed by atoms with Crippen molar-refractivity contribution in [2.24, 2.45) is 0 Å². The number of pyridine rings is 1. The van der Waals surface area contributed by atoms with Crippen molar-refractivity contribution in [1.29, 1.82) is 0 Å². The van der Waals surface area contributed by atoms with E-state index in [-0.39, 0.29) is 18.2 Å². The van der Waals surface area contributed by atoms with Crippen molar-refractivity contribution in [3.8, 4) is 0 Å². The first-order chi connectivity index (χ1) is 12.4. The molecule has 0 radical (unpaired) electrons. The van der Waals surface area contributed by atoms with Gasteiger partial charge in [0.25, 0.3) is 0 Å². The van der Waals surface area contributed by atoms with Crippen molar-refractivity contribution in [2.45, 2.75) is 25.9 Å². The summed E-state index contributed by atoms with van der Waals surface area (Å²) >= 11 is 0. The number of nitrogens with one attached hydrogen (secondary N) is 2. The summed E-state index contributed by atoms with van der Waals surface area (Å²) < 4.78 is 26.8. The second-order valence-corrected chi connectivity index (χ2v) is 6.13. The van der Waals surface area contributed by atoms with Crippen LogP contribution >= 0.6 is 0 Å². The zero-order valence-electron chi connectivity index (χ0n) is 14.3. The van der Waals surface area contributed by atoms with E-state index in [2.05, 4.69) is 15.6 Å². The van der Waals surface area contributed by atoms with Crippen LogP contribution in [0.15, 0.2) is 36.5 Å². The molecule has 1 unspecified atom stereocenters. The van der Waals surface area contributed by atoms with Crippen LogP contribution in [0, 0.1) is 11.6 Å². The van der Waals surface area contributed by atoms with Crippen molar-refractivity contribution in [3.05, 3.63) is 59.4 Å². The Labute approximate surface area is 149 Å². The van der Waals surface area contributed by atoms with E-state index in [1.165, 1.54) is 11.0 Å². The predicted octanol–water partition coefficient (Wildman–Crippen LogP) is 3.15. The van der Waals surface area contributed by atoms with Crippen molar-refractivity contribution < 1.29 is 18.4 Å². The van der Waals surface area contributed by atoms with Gasteiger partial charge < -0.3 is 15.5 Å². The SMILES string of the molecule is CC1c2ncccc2NC(=O)N1CC(=O)N[C@@H](C)c1ccc(F)cc1F. The van der Waals surface area contributed by atoms with Crippen LogP contribution in [0.4, 0.5) is 19.3 Å². The molecule has 136 valence electrons. The van der Waals surface area contributed by atoms with Gasteiger partial charge in [-0.15, -0.1) is 0 Å². The largest absolute Gasteiger partial charge is 0.348 e. The Bertz CT molecular complexity index is 859. The van der Waals surface area contributed by atoms with Crippen molar-refractivity contribution in [2.75, 3.05) is 11.9 Å². The highest BCUT2D eigenvalue weighted by Gasteiger charge is 2.31. The zero-order chi connectivity index (χ0) is 18.8. The lowest BCUT2D eigenvalue weighted by molar-refractivity contribution is -0.122. The van der Waals surface area contributed by atoms with Crippen molar-refractivity contribution in [3.63, 3.8) is 0 Å². The van der Waals surface area contributed by atoms with Crippen LogP contribution in [0.2, 0.25) is 0 Å². The van der Waals surface area contributed by atoms with Gasteiger partial charge in [0, 0.05) is 17.8 Å². The number of halogens is 2. The van der Waals surface area contributed by atoms with Gasteiger partial charge in [0.1, 0.15) is 18.2 Å². The molecular formula is C18H18F2N4O2. The van der Waals surface area contributed by atoms with Crippen LogP contribution < -0.4 is 10.6 Å². The average Bonchev–Trinajstić information content (AvgIpc) is 2.58. The monoisotopic (exact) mass is 360 g/mol. The number of carbonyl (C=O) groups is 2. The fourth-order valence-electron chi connectivity index (χ4n) is 2.95. The Morgan fingerprint density at radius 1 is 1.38 bits per heavy atom. The van der Waals surface area contributed by atoms with Gasteiger partial charge in [0.15, 0.2) is 0 Å². The predicted molar refractivity (Wildman–Crippen MR) is 91.3 cm³/mol. The van der Waals surface area contributed by atoms with E-state index in [9.17, 15) is 18.4 Å². The highest BCUT2D eigenvalue weighted by atomic mass is 19.1. The van der Waals surface area contributed by atoms with E-state index in [0.717, 1.165) is 12.1 Å². The second-order valence-electron chi connectivity index (χ2n) is 6.13. The van der Waals surface area contributed by atoms with E-state index in [1.54, 1.807) is 32.2 Å². The summed E-state index contributed by atoms with van der Waals surface area (Å²) in [4.78, 5) is 30.2. The number of urea groups is 1. The molecule has 0 fully saturated rings. The quantitative estimate of drug-likeness (QED) is 0.880. The number of nitrogens with zero attached hydrogens (tertiary/aromatic N) is 2. The van der Waals surface area contributed by atoms with Gasteiger partial charge in [-0.1, -0.05) is 6.07 Å². The van der Waals surface area contributed by atoms with Gasteiger partial charge in [0.05, 0.1) is 23.5 Å². The maximum atomic E-state index is 13.8. The standard InChI is InChI=1S/C18H18F2N4O2/c1-10(13-6-5-12(19)8-14(13)20)22-16(25)9-24-11(2)17-15(23-18(24)26)4-3-7-21-17/h3-8,10-11H,9H2,1-2H3,(H,22,25)(H,23,26)/t10-,11?/m0/s1. The summed E-state index contributed by atoms with van der Waals surface area (Å²) in [7, 11) is 0. The molecule has 2 atom stereocenters. The van der Waals surface area contributed by atoms with Gasteiger partial charge in [-0.05, 0) is 32.0 Å². The molecule has 0 saturated heterocycles. The second kappa shape index (κ2) is 7.07. The van der Waals surface area contributed by atoms with Crippen molar-refractivity contribution in [1.82, 2.24) is 15.2 Å². The fraction of sp³-hybridized carbons (Fsp3) is 0.278. The molecule has 2 aromatic rings. The Morgan fingerprint density at radius 3 is 2.88 bits per heavy atom. The van der Waals surface area contributed by atoms with E-state index < -0.39 is 29.6 Å². The Balaban J connectivity index is 1.69. The summed E-state index contributed by atoms with van der Waals surface area (Å²) in [6.07, 6.45) is 1.62. The fourth-order valence-corrected chi connectivity index (χ4v) is 2.95. The summed E-state index contributed by atoms with van der Waals surface area (Å²) in [6.45, 7) is 3.15. The lowest BCUT2D eigenvalue weighted by Crippen LogP contribution is -2.47. The maximum Gasteiger partial charge on any atom is 0.322 e. The van der Waals surface area contributed by atoms with E-state index in [0.29, 0.717) is 11.4 Å². The number of benzene rings is 1. The lowest BCUT2D eigenvalue weighted by Gasteiger charge is -2.34. The van der Waals surface area contributed by atoms with Gasteiger partial charge in [-0.25, -0.2) is 13.6 Å². The normalized spacial score (nSPS) is 17.3. The highest BCUT2D eigenvalue weighted by Crippen LogP contribution is 2.30. The third-order valence-electron chi connectivity index (χ3n) is 4.32. The minimum absolute atomic E-state index is 0.169. The number of anilines is 1. The Hall–Kier alpha value is -3.03. The molecule has 0 aliphatic carbocycles. The molecule has 2 N–H and O–H groups in total. The van der Waals surface area contributed by atoms with Gasteiger partial charge in [-0.2, -0.15) is 0 Å². The number of carbonyl (C=O) groups excluding carboxylic acids is 2. The first kappa shape index (κ1) is 17.8. The Kier molecular flexibility index (Phi) is 4.83. The van der Waals surface area contributed by atoms with Gasteiger partial charge in [-0.3, -0.25) is 9.78 Å². The van der Waals surface area contributed by atoms with Crippen LogP contribution in [-0.4, -0.2) is 28.4 Å². The summed E-state index contributed by atoms with van der Waals surface area (Å²) in [5.74, 6) is -1.88. The molecule has 1 aliphatic rings. The summed E-state index contributed by atoms with van der Waals surface area (Å²) in [5.41, 5.74) is 1.45. The smallest absolute Gasteiger partial charge is 0.322 e. The molecule has 0 saturated carbocycles. The van der Waals surface area contributed by atoms with Crippen LogP contribution in [0.3, 0.4) is 0 Å². The molecular weight excluding hydrogens is 342 g/mol. The molecule has 6 nitrogen and oxygen atoms in total. The molecule has 1 aromatic carbocycles. The van der Waals surface area contributed by atoms with Crippen LogP contribution in [0.5, 0.6) is 0 Å². The number of rotatable bonds is 4. The van der Waals surface area contributed by atoms with Gasteiger partial charge in [0.2, 0.25) is 5.91 Å². The van der Waals surface area contributed by atoms with E-state index >= 15 is 0 Å². The summed E-state index contributed by atoms with van der Waals surface area (Å²) in [5, 5.41) is 5.31. The topological polar surface area (TPSA) is 74.3 Å². The molecule has 0 spiro atoms. The van der Waals surface area contributed by atoms with Crippen LogP contribution in [0.25, 0.3) is 0 Å². The average molecular weight is 360 g/mol. The molecule has 8 heteroatoms. The van der Waals surface area contributed by atoms with Crippen LogP contribution in [-0.2, 0) is 4.79 Å². The number of aromatic nitrogens is 1.